The number of amides is 2. The second kappa shape index (κ2) is 6.30. The van der Waals surface area contributed by atoms with Crippen LogP contribution in [0.5, 0.6) is 0 Å². The molecule has 0 saturated carbocycles. The van der Waals surface area contributed by atoms with Gasteiger partial charge in [-0.1, -0.05) is 12.1 Å². The van der Waals surface area contributed by atoms with E-state index in [4.69, 9.17) is 4.74 Å². The molecule has 1 aromatic carbocycles. The molecule has 6 heteroatoms. The second-order valence-electron chi connectivity index (χ2n) is 5.96. The van der Waals surface area contributed by atoms with Crippen molar-refractivity contribution in [2.45, 2.75) is 6.10 Å². The Balaban J connectivity index is 1.52. The molecule has 3 aromatic rings. The molecular weight excluding hydrogens is 322 g/mol. The van der Waals surface area contributed by atoms with E-state index in [9.17, 15) is 4.79 Å². The van der Waals surface area contributed by atoms with Gasteiger partial charge in [-0.2, -0.15) is 11.3 Å². The van der Waals surface area contributed by atoms with Crippen LogP contribution in [0.25, 0.3) is 10.9 Å². The average molecular weight is 341 g/mol. The Morgan fingerprint density at radius 2 is 2.25 bits per heavy atom. The zero-order chi connectivity index (χ0) is 16.5. The van der Waals surface area contributed by atoms with Gasteiger partial charge >= 0.3 is 6.03 Å². The Kier molecular flexibility index (Phi) is 4.00. The molecule has 0 unspecified atom stereocenters. The van der Waals surface area contributed by atoms with Crippen LogP contribution in [0.1, 0.15) is 11.7 Å². The van der Waals surface area contributed by atoms with Crippen molar-refractivity contribution in [3.63, 3.8) is 0 Å². The van der Waals surface area contributed by atoms with E-state index in [-0.39, 0.29) is 12.1 Å². The lowest BCUT2D eigenvalue weighted by molar-refractivity contribution is -0.0132. The highest BCUT2D eigenvalue weighted by Gasteiger charge is 2.26. The molecule has 1 atom stereocenters. The van der Waals surface area contributed by atoms with Crippen LogP contribution in [0.2, 0.25) is 0 Å². The smallest absolute Gasteiger partial charge is 0.322 e. The first-order valence-electron chi connectivity index (χ1n) is 7.96. The number of aromatic nitrogens is 1. The van der Waals surface area contributed by atoms with E-state index >= 15 is 0 Å². The molecule has 0 aliphatic carbocycles. The van der Waals surface area contributed by atoms with E-state index in [1.54, 1.807) is 11.3 Å². The van der Waals surface area contributed by atoms with Crippen molar-refractivity contribution in [2.75, 3.05) is 25.0 Å². The van der Waals surface area contributed by atoms with Crippen LogP contribution < -0.4 is 5.32 Å². The Bertz CT molecular complexity index is 856. The van der Waals surface area contributed by atoms with E-state index in [2.05, 4.69) is 16.8 Å². The normalized spacial score (nSPS) is 18.0. The van der Waals surface area contributed by atoms with Gasteiger partial charge in [-0.15, -0.1) is 0 Å². The predicted octanol–water partition coefficient (Wildman–Crippen LogP) is 3.85. The van der Waals surface area contributed by atoms with Gasteiger partial charge in [-0.05, 0) is 34.5 Å². The SMILES string of the molecule is Cn1ccc2cccc(NC(=O)N3CCO[C@@H](c4ccsc4)C3)c21. The van der Waals surface area contributed by atoms with Gasteiger partial charge in [0.25, 0.3) is 0 Å². The topological polar surface area (TPSA) is 46.5 Å². The number of aryl methyl sites for hydroxylation is 1. The fraction of sp³-hybridized carbons (Fsp3) is 0.278. The minimum atomic E-state index is -0.0766. The summed E-state index contributed by atoms with van der Waals surface area (Å²) in [4.78, 5) is 14.5. The lowest BCUT2D eigenvalue weighted by Gasteiger charge is -2.32. The van der Waals surface area contributed by atoms with Crippen LogP contribution in [-0.2, 0) is 11.8 Å². The number of para-hydroxylation sites is 1. The molecule has 124 valence electrons. The summed E-state index contributed by atoms with van der Waals surface area (Å²) in [6, 6.07) is 9.98. The number of hydrogen-bond acceptors (Lipinski definition) is 3. The highest BCUT2D eigenvalue weighted by atomic mass is 32.1. The summed E-state index contributed by atoms with van der Waals surface area (Å²) >= 11 is 1.65. The van der Waals surface area contributed by atoms with E-state index in [0.717, 1.165) is 22.2 Å². The highest BCUT2D eigenvalue weighted by Crippen LogP contribution is 2.26. The van der Waals surface area contributed by atoms with Crippen molar-refractivity contribution in [2.24, 2.45) is 7.05 Å². The van der Waals surface area contributed by atoms with Gasteiger partial charge in [0.2, 0.25) is 0 Å². The lowest BCUT2D eigenvalue weighted by Crippen LogP contribution is -2.44. The Morgan fingerprint density at radius 3 is 3.08 bits per heavy atom. The number of hydrogen-bond donors (Lipinski definition) is 1. The summed E-state index contributed by atoms with van der Waals surface area (Å²) in [6.07, 6.45) is 1.96. The molecule has 1 saturated heterocycles. The van der Waals surface area contributed by atoms with Gasteiger partial charge in [0, 0.05) is 25.2 Å². The predicted molar refractivity (Wildman–Crippen MR) is 96.5 cm³/mol. The van der Waals surface area contributed by atoms with E-state index in [1.807, 2.05) is 52.4 Å². The number of carbonyl (C=O) groups is 1. The second-order valence-corrected chi connectivity index (χ2v) is 6.74. The van der Waals surface area contributed by atoms with Crippen molar-refractivity contribution < 1.29 is 9.53 Å². The number of nitrogens with one attached hydrogen (secondary N) is 1. The van der Waals surface area contributed by atoms with Crippen LogP contribution in [0, 0.1) is 0 Å². The molecule has 1 aliphatic heterocycles. The summed E-state index contributed by atoms with van der Waals surface area (Å²) in [7, 11) is 1.99. The van der Waals surface area contributed by atoms with Crippen LogP contribution in [-0.4, -0.2) is 35.2 Å². The number of anilines is 1. The molecule has 1 aliphatic rings. The van der Waals surface area contributed by atoms with Gasteiger partial charge in [-0.25, -0.2) is 4.79 Å². The number of ether oxygens (including phenoxy) is 1. The minimum absolute atomic E-state index is 0.0402. The number of carbonyl (C=O) groups excluding carboxylic acids is 1. The van der Waals surface area contributed by atoms with Crippen molar-refractivity contribution in [3.05, 3.63) is 52.9 Å². The molecule has 3 heterocycles. The Labute approximate surface area is 144 Å². The molecule has 0 bridgehead atoms. The zero-order valence-electron chi connectivity index (χ0n) is 13.4. The maximum Gasteiger partial charge on any atom is 0.322 e. The van der Waals surface area contributed by atoms with Crippen molar-refractivity contribution >= 4 is 34.0 Å². The number of nitrogens with zero attached hydrogens (tertiary/aromatic N) is 2. The third kappa shape index (κ3) is 2.79. The quantitative estimate of drug-likeness (QED) is 0.770. The average Bonchev–Trinajstić information content (AvgIpc) is 3.26. The van der Waals surface area contributed by atoms with E-state index in [1.165, 1.54) is 0 Å². The van der Waals surface area contributed by atoms with E-state index in [0.29, 0.717) is 19.7 Å². The summed E-state index contributed by atoms with van der Waals surface area (Å²) in [5.41, 5.74) is 3.01. The van der Waals surface area contributed by atoms with Crippen molar-refractivity contribution in [1.29, 1.82) is 0 Å². The standard InChI is InChI=1S/C18H19N3O2S/c1-20-7-5-13-3-2-4-15(17(13)20)19-18(22)21-8-9-23-16(11-21)14-6-10-24-12-14/h2-7,10,12,16H,8-9,11H2,1H3,(H,19,22)/t16-/m1/s1. The maximum absolute atomic E-state index is 12.7. The molecule has 1 fully saturated rings. The van der Waals surface area contributed by atoms with Crippen LogP contribution in [0.4, 0.5) is 10.5 Å². The lowest BCUT2D eigenvalue weighted by atomic mass is 10.1. The van der Waals surface area contributed by atoms with Crippen molar-refractivity contribution in [1.82, 2.24) is 9.47 Å². The van der Waals surface area contributed by atoms with Crippen LogP contribution in [0.15, 0.2) is 47.3 Å². The molecule has 24 heavy (non-hydrogen) atoms. The number of fused-ring (bicyclic) bond motifs is 1. The summed E-state index contributed by atoms with van der Waals surface area (Å²) in [5.74, 6) is 0. The molecule has 4 rings (SSSR count). The van der Waals surface area contributed by atoms with Gasteiger partial charge in [0.1, 0.15) is 6.10 Å². The van der Waals surface area contributed by atoms with Gasteiger partial charge < -0.3 is 19.5 Å². The van der Waals surface area contributed by atoms with Gasteiger partial charge in [0.15, 0.2) is 0 Å². The fourth-order valence-electron chi connectivity index (χ4n) is 3.14. The summed E-state index contributed by atoms with van der Waals surface area (Å²) in [5, 5.41) is 8.30. The van der Waals surface area contributed by atoms with Crippen molar-refractivity contribution in [3.8, 4) is 0 Å². The zero-order valence-corrected chi connectivity index (χ0v) is 14.3. The number of benzene rings is 1. The molecule has 0 radical (unpaired) electrons. The first-order chi connectivity index (χ1) is 11.7. The van der Waals surface area contributed by atoms with Gasteiger partial charge in [0.05, 0.1) is 24.4 Å². The van der Waals surface area contributed by atoms with Crippen LogP contribution in [0.3, 0.4) is 0 Å². The molecular formula is C18H19N3O2S. The highest BCUT2D eigenvalue weighted by molar-refractivity contribution is 7.07. The maximum atomic E-state index is 12.7. The van der Waals surface area contributed by atoms with E-state index < -0.39 is 0 Å². The van der Waals surface area contributed by atoms with Crippen LogP contribution >= 0.6 is 11.3 Å². The molecule has 2 aromatic heterocycles. The molecule has 0 spiro atoms. The molecule has 1 N–H and O–H groups in total. The fourth-order valence-corrected chi connectivity index (χ4v) is 3.85. The summed E-state index contributed by atoms with van der Waals surface area (Å²) < 4.78 is 7.84. The summed E-state index contributed by atoms with van der Waals surface area (Å²) in [6.45, 7) is 1.74. The first kappa shape index (κ1) is 15.2. The number of morpholine rings is 1. The van der Waals surface area contributed by atoms with Gasteiger partial charge in [-0.3, -0.25) is 0 Å². The third-order valence-corrected chi connectivity index (χ3v) is 5.11. The number of rotatable bonds is 2. The monoisotopic (exact) mass is 341 g/mol. The molecule has 5 nitrogen and oxygen atoms in total. The first-order valence-corrected chi connectivity index (χ1v) is 8.90. The Hall–Kier alpha value is -2.31. The minimum Gasteiger partial charge on any atom is -0.370 e. The number of urea groups is 1. The Morgan fingerprint density at radius 1 is 1.33 bits per heavy atom. The molecule has 2 amide bonds. The number of thiophene rings is 1. The largest absolute Gasteiger partial charge is 0.370 e. The third-order valence-electron chi connectivity index (χ3n) is 4.41.